The Balaban J connectivity index is 1.57. The number of aromatic nitrogens is 4. The summed E-state index contributed by atoms with van der Waals surface area (Å²) in [6.45, 7) is 8.36. The summed E-state index contributed by atoms with van der Waals surface area (Å²) >= 11 is 0. The summed E-state index contributed by atoms with van der Waals surface area (Å²) in [5.41, 5.74) is 1.59. The minimum absolute atomic E-state index is 0.101. The Morgan fingerprint density at radius 1 is 1.24 bits per heavy atom. The van der Waals surface area contributed by atoms with E-state index in [0.717, 1.165) is 43.0 Å². The molecule has 0 radical (unpaired) electrons. The highest BCUT2D eigenvalue weighted by molar-refractivity contribution is 5.81. The number of piperidine rings is 1. The van der Waals surface area contributed by atoms with E-state index in [0.29, 0.717) is 18.2 Å². The summed E-state index contributed by atoms with van der Waals surface area (Å²) in [7, 11) is 0. The van der Waals surface area contributed by atoms with Gasteiger partial charge in [-0.1, -0.05) is 51.1 Å². The first-order valence-corrected chi connectivity index (χ1v) is 10.2. The van der Waals surface area contributed by atoms with Crippen LogP contribution in [0.15, 0.2) is 42.7 Å². The third-order valence-corrected chi connectivity index (χ3v) is 5.38. The molecule has 0 spiro atoms. The van der Waals surface area contributed by atoms with Crippen molar-refractivity contribution in [2.45, 2.75) is 33.6 Å². The van der Waals surface area contributed by atoms with Gasteiger partial charge in [0.1, 0.15) is 12.1 Å². The number of hydrogen-bond donors (Lipinski definition) is 1. The van der Waals surface area contributed by atoms with E-state index >= 15 is 0 Å². The largest absolute Gasteiger partial charge is 0.356 e. The lowest BCUT2D eigenvalue weighted by Gasteiger charge is -2.34. The molecule has 1 atom stereocenters. The summed E-state index contributed by atoms with van der Waals surface area (Å²) in [6, 6.07) is 12.2. The fourth-order valence-electron chi connectivity index (χ4n) is 3.72. The number of anilines is 1. The second kappa shape index (κ2) is 7.81. The van der Waals surface area contributed by atoms with Gasteiger partial charge in [0.05, 0.1) is 5.69 Å². The number of nitrogens with one attached hydrogen (secondary N) is 1. The molecule has 2 aromatic heterocycles. The summed E-state index contributed by atoms with van der Waals surface area (Å²) in [4.78, 5) is 23.6. The first kappa shape index (κ1) is 19.4. The lowest BCUT2D eigenvalue weighted by molar-refractivity contribution is -0.128. The normalized spacial score (nSPS) is 17.5. The van der Waals surface area contributed by atoms with E-state index in [-0.39, 0.29) is 11.3 Å². The topological polar surface area (TPSA) is 75.4 Å². The second-order valence-corrected chi connectivity index (χ2v) is 8.75. The molecule has 3 aromatic rings. The van der Waals surface area contributed by atoms with Crippen LogP contribution in [0.25, 0.3) is 17.0 Å². The van der Waals surface area contributed by atoms with Gasteiger partial charge < -0.3 is 10.2 Å². The molecule has 0 aliphatic carbocycles. The number of nitrogens with zero attached hydrogens (tertiary/aromatic N) is 5. The molecule has 1 aliphatic rings. The molecule has 7 heteroatoms. The fraction of sp³-hybridized carbons (Fsp3) is 0.455. The SMILES string of the molecule is CC(C)(C)C(=O)NCC1CCCN(c2cc(-c3ccccc3)nc3ncnn23)C1. The summed E-state index contributed by atoms with van der Waals surface area (Å²) < 4.78 is 1.81. The van der Waals surface area contributed by atoms with Crippen LogP contribution in [0.5, 0.6) is 0 Å². The lowest BCUT2D eigenvalue weighted by atomic mass is 9.94. The van der Waals surface area contributed by atoms with Crippen molar-refractivity contribution in [2.75, 3.05) is 24.5 Å². The Labute approximate surface area is 171 Å². The molecule has 0 saturated carbocycles. The Hall–Kier alpha value is -2.96. The lowest BCUT2D eigenvalue weighted by Crippen LogP contribution is -2.44. The van der Waals surface area contributed by atoms with Crippen LogP contribution in [0.1, 0.15) is 33.6 Å². The molecule has 1 fully saturated rings. The Morgan fingerprint density at radius 3 is 2.79 bits per heavy atom. The van der Waals surface area contributed by atoms with Gasteiger partial charge in [0.2, 0.25) is 5.91 Å². The van der Waals surface area contributed by atoms with E-state index in [4.69, 9.17) is 0 Å². The van der Waals surface area contributed by atoms with Crippen molar-refractivity contribution >= 4 is 17.5 Å². The van der Waals surface area contributed by atoms with Crippen molar-refractivity contribution in [1.82, 2.24) is 24.9 Å². The van der Waals surface area contributed by atoms with E-state index < -0.39 is 0 Å². The number of amides is 1. The summed E-state index contributed by atoms with van der Waals surface area (Å²) in [6.07, 6.45) is 3.73. The van der Waals surface area contributed by atoms with Crippen LogP contribution in [0.2, 0.25) is 0 Å². The molecule has 1 aromatic carbocycles. The monoisotopic (exact) mass is 392 g/mol. The average Bonchev–Trinajstić information content (AvgIpc) is 3.20. The van der Waals surface area contributed by atoms with Gasteiger partial charge in [-0.3, -0.25) is 4.79 Å². The highest BCUT2D eigenvalue weighted by Gasteiger charge is 2.26. The molecular weight excluding hydrogens is 364 g/mol. The van der Waals surface area contributed by atoms with Crippen molar-refractivity contribution in [1.29, 1.82) is 0 Å². The maximum atomic E-state index is 12.2. The quantitative estimate of drug-likeness (QED) is 0.738. The average molecular weight is 393 g/mol. The van der Waals surface area contributed by atoms with Crippen LogP contribution < -0.4 is 10.2 Å². The van der Waals surface area contributed by atoms with Gasteiger partial charge in [0.25, 0.3) is 5.78 Å². The number of rotatable bonds is 4. The van der Waals surface area contributed by atoms with Crippen molar-refractivity contribution < 1.29 is 4.79 Å². The number of carbonyl (C=O) groups is 1. The predicted octanol–water partition coefficient (Wildman–Crippen LogP) is 3.17. The molecule has 29 heavy (non-hydrogen) atoms. The Morgan fingerprint density at radius 2 is 2.03 bits per heavy atom. The van der Waals surface area contributed by atoms with Gasteiger partial charge in [-0.15, -0.1) is 0 Å². The van der Waals surface area contributed by atoms with Gasteiger partial charge in [-0.25, -0.2) is 4.98 Å². The number of carbonyl (C=O) groups excluding carboxylic acids is 1. The molecular formula is C22H28N6O. The first-order valence-electron chi connectivity index (χ1n) is 10.2. The summed E-state index contributed by atoms with van der Waals surface area (Å²) in [5.74, 6) is 2.10. The maximum absolute atomic E-state index is 12.2. The number of hydrogen-bond acceptors (Lipinski definition) is 5. The van der Waals surface area contributed by atoms with Crippen molar-refractivity contribution in [3.8, 4) is 11.3 Å². The zero-order valence-corrected chi connectivity index (χ0v) is 17.3. The van der Waals surface area contributed by atoms with Crippen LogP contribution >= 0.6 is 0 Å². The van der Waals surface area contributed by atoms with Crippen LogP contribution in [-0.4, -0.2) is 45.1 Å². The van der Waals surface area contributed by atoms with Crippen LogP contribution in [0, 0.1) is 11.3 Å². The Kier molecular flexibility index (Phi) is 5.22. The molecule has 1 saturated heterocycles. The van der Waals surface area contributed by atoms with E-state index in [1.807, 2.05) is 43.5 Å². The third-order valence-electron chi connectivity index (χ3n) is 5.38. The molecule has 1 amide bonds. The minimum atomic E-state index is -0.364. The fourth-order valence-corrected chi connectivity index (χ4v) is 3.72. The zero-order valence-electron chi connectivity index (χ0n) is 17.3. The Bertz CT molecular complexity index is 991. The molecule has 7 nitrogen and oxygen atoms in total. The minimum Gasteiger partial charge on any atom is -0.356 e. The first-order chi connectivity index (χ1) is 13.9. The van der Waals surface area contributed by atoms with Crippen LogP contribution in [0.4, 0.5) is 5.82 Å². The van der Waals surface area contributed by atoms with Gasteiger partial charge in [-0.05, 0) is 18.8 Å². The third kappa shape index (κ3) is 4.23. The van der Waals surface area contributed by atoms with Crippen molar-refractivity contribution in [2.24, 2.45) is 11.3 Å². The van der Waals surface area contributed by atoms with Crippen molar-refractivity contribution in [3.05, 3.63) is 42.7 Å². The molecule has 152 valence electrons. The number of benzene rings is 1. The highest BCUT2D eigenvalue weighted by atomic mass is 16.2. The highest BCUT2D eigenvalue weighted by Crippen LogP contribution is 2.27. The molecule has 4 rings (SSSR count). The van der Waals surface area contributed by atoms with Crippen LogP contribution in [0.3, 0.4) is 0 Å². The zero-order chi connectivity index (χ0) is 20.4. The second-order valence-electron chi connectivity index (χ2n) is 8.75. The number of fused-ring (bicyclic) bond motifs is 1. The maximum Gasteiger partial charge on any atom is 0.254 e. The molecule has 1 N–H and O–H groups in total. The smallest absolute Gasteiger partial charge is 0.254 e. The van der Waals surface area contributed by atoms with Gasteiger partial charge >= 0.3 is 0 Å². The van der Waals surface area contributed by atoms with Crippen molar-refractivity contribution in [3.63, 3.8) is 0 Å². The summed E-state index contributed by atoms with van der Waals surface area (Å²) in [5, 5.41) is 7.51. The van der Waals surface area contributed by atoms with E-state index in [9.17, 15) is 4.79 Å². The molecule has 0 bridgehead atoms. The molecule has 1 aliphatic heterocycles. The predicted molar refractivity (Wildman–Crippen MR) is 114 cm³/mol. The van der Waals surface area contributed by atoms with Gasteiger partial charge in [-0.2, -0.15) is 14.6 Å². The molecule has 1 unspecified atom stereocenters. The van der Waals surface area contributed by atoms with E-state index in [1.165, 1.54) is 0 Å². The molecule has 3 heterocycles. The standard InChI is InChI=1S/C22H28N6O/c1-22(2,3)20(29)23-13-16-8-7-11-27(14-16)19-12-18(17-9-5-4-6-10-17)26-21-24-15-25-28(19)21/h4-6,9-10,12,15-16H,7-8,11,13-14H2,1-3H3,(H,23,29). The van der Waals surface area contributed by atoms with Gasteiger partial charge in [0.15, 0.2) is 0 Å². The van der Waals surface area contributed by atoms with E-state index in [1.54, 1.807) is 6.33 Å². The van der Waals surface area contributed by atoms with Gasteiger partial charge in [0, 0.05) is 36.7 Å². The van der Waals surface area contributed by atoms with E-state index in [2.05, 4.69) is 43.5 Å². The van der Waals surface area contributed by atoms with Crippen LogP contribution in [-0.2, 0) is 4.79 Å².